The van der Waals surface area contributed by atoms with Crippen LogP contribution < -0.4 is 0 Å². The zero-order valence-electron chi connectivity index (χ0n) is 22.5. The SMILES string of the molecule is C[C@H]1O[C@H]2O[C@@H]3C[C@@H]4CC[C@@H]5C(CC[C@]6(C)[C@@H](C7=CC(=O)OC7)CC[C@]56O)[C@@]4(C=O)C[C@H]3O[C@@]2(O)[C@H](O)[C@@H]1O. The predicted molar refractivity (Wildman–Crippen MR) is 133 cm³/mol. The normalized spacial score (nSPS) is 58.2. The van der Waals surface area contributed by atoms with Crippen molar-refractivity contribution in [2.45, 2.75) is 113 Å². The van der Waals surface area contributed by atoms with Crippen molar-refractivity contribution in [2.24, 2.45) is 34.5 Å². The maximum atomic E-state index is 13.1. The zero-order chi connectivity index (χ0) is 27.5. The molecule has 4 aliphatic carbocycles. The summed E-state index contributed by atoms with van der Waals surface area (Å²) in [6, 6.07) is 0. The van der Waals surface area contributed by atoms with E-state index < -0.39 is 59.0 Å². The van der Waals surface area contributed by atoms with E-state index in [2.05, 4.69) is 6.92 Å². The van der Waals surface area contributed by atoms with E-state index in [1.165, 1.54) is 0 Å². The highest BCUT2D eigenvalue weighted by Gasteiger charge is 2.71. The molecule has 0 bridgehead atoms. The Balaban J connectivity index is 1.18. The quantitative estimate of drug-likeness (QED) is 0.223. The minimum absolute atomic E-state index is 0.0394. The summed E-state index contributed by atoms with van der Waals surface area (Å²) < 4.78 is 23.2. The molecule has 0 radical (unpaired) electrons. The minimum Gasteiger partial charge on any atom is -0.458 e. The van der Waals surface area contributed by atoms with Crippen molar-refractivity contribution in [3.05, 3.63) is 11.6 Å². The molecule has 2 saturated heterocycles. The van der Waals surface area contributed by atoms with Crippen molar-refractivity contribution in [3.63, 3.8) is 0 Å². The van der Waals surface area contributed by atoms with Gasteiger partial charge in [0.1, 0.15) is 25.1 Å². The summed E-state index contributed by atoms with van der Waals surface area (Å²) in [5, 5.41) is 44.8. The number of aliphatic hydroxyl groups excluding tert-OH is 2. The van der Waals surface area contributed by atoms with Crippen molar-refractivity contribution < 1.29 is 49.0 Å². The van der Waals surface area contributed by atoms with E-state index in [1.54, 1.807) is 13.0 Å². The first-order valence-corrected chi connectivity index (χ1v) is 14.6. The number of esters is 1. The van der Waals surface area contributed by atoms with Gasteiger partial charge in [-0.3, -0.25) is 0 Å². The summed E-state index contributed by atoms with van der Waals surface area (Å²) in [6.45, 7) is 4.04. The second kappa shape index (κ2) is 8.56. The van der Waals surface area contributed by atoms with E-state index in [-0.39, 0.29) is 36.2 Å². The number of aliphatic hydroxyl groups is 4. The molecule has 0 amide bonds. The van der Waals surface area contributed by atoms with Gasteiger partial charge in [0.25, 0.3) is 0 Å². The van der Waals surface area contributed by atoms with Gasteiger partial charge in [0, 0.05) is 16.9 Å². The first kappa shape index (κ1) is 26.5. The molecule has 14 atom stereocenters. The van der Waals surface area contributed by atoms with Gasteiger partial charge in [-0.2, -0.15) is 0 Å². The molecule has 3 heterocycles. The molecular formula is C29H40O10. The molecule has 7 rings (SSSR count). The molecule has 0 spiro atoms. The lowest BCUT2D eigenvalue weighted by atomic mass is 9.42. The molecular weight excluding hydrogens is 508 g/mol. The van der Waals surface area contributed by atoms with Crippen LogP contribution >= 0.6 is 0 Å². The van der Waals surface area contributed by atoms with Crippen LogP contribution in [0.15, 0.2) is 11.6 Å². The van der Waals surface area contributed by atoms with E-state index >= 15 is 0 Å². The van der Waals surface area contributed by atoms with Crippen molar-refractivity contribution in [1.29, 1.82) is 0 Å². The van der Waals surface area contributed by atoms with E-state index in [0.29, 0.717) is 19.3 Å². The number of ether oxygens (including phenoxy) is 4. The molecule has 39 heavy (non-hydrogen) atoms. The largest absolute Gasteiger partial charge is 0.458 e. The van der Waals surface area contributed by atoms with Crippen molar-refractivity contribution in [2.75, 3.05) is 6.61 Å². The fraction of sp³-hybridized carbons (Fsp3) is 0.862. The molecule has 0 aromatic heterocycles. The number of hydrogen-bond donors (Lipinski definition) is 4. The van der Waals surface area contributed by atoms with Gasteiger partial charge in [-0.25, -0.2) is 4.79 Å². The Kier molecular flexibility index (Phi) is 5.82. The maximum Gasteiger partial charge on any atom is 0.331 e. The van der Waals surface area contributed by atoms with Crippen LogP contribution in [0.25, 0.3) is 0 Å². The lowest BCUT2D eigenvalue weighted by Gasteiger charge is -2.64. The number of aldehydes is 1. The van der Waals surface area contributed by atoms with Crippen LogP contribution in [0.4, 0.5) is 0 Å². The summed E-state index contributed by atoms with van der Waals surface area (Å²) >= 11 is 0. The standard InChI is InChI=1S/C29H40O10/c1-14-23(32)24(33)29(35)25(37-14)38-20-10-16-3-4-19-18(27(16,13-30)11-21(20)39-29)5-7-26(2)17(6-8-28(19,26)34)15-9-22(31)36-12-15/h9,13-14,16-21,23-25,32-35H,3-8,10-12H2,1-2H3/t14-,16+,17-,18?,19-,20-,21-,23-,24-,25+,26-,27-,28+,29+/m1/s1. The van der Waals surface area contributed by atoms with Crippen LogP contribution in [0.1, 0.15) is 65.2 Å². The predicted octanol–water partition coefficient (Wildman–Crippen LogP) is 0.972. The van der Waals surface area contributed by atoms with Gasteiger partial charge in [0.15, 0.2) is 0 Å². The molecule has 10 heteroatoms. The number of cyclic esters (lactones) is 1. The molecule has 10 nitrogen and oxygen atoms in total. The van der Waals surface area contributed by atoms with Gasteiger partial charge >= 0.3 is 5.97 Å². The molecule has 6 fully saturated rings. The zero-order valence-corrected chi connectivity index (χ0v) is 22.5. The van der Waals surface area contributed by atoms with E-state index in [9.17, 15) is 30.0 Å². The van der Waals surface area contributed by atoms with Gasteiger partial charge in [-0.15, -0.1) is 0 Å². The monoisotopic (exact) mass is 548 g/mol. The van der Waals surface area contributed by atoms with E-state index in [4.69, 9.17) is 18.9 Å². The van der Waals surface area contributed by atoms with E-state index in [1.807, 2.05) is 0 Å². The Morgan fingerprint density at radius 2 is 1.82 bits per heavy atom. The topological polar surface area (TPSA) is 152 Å². The average Bonchev–Trinajstić information content (AvgIpc) is 3.45. The summed E-state index contributed by atoms with van der Waals surface area (Å²) in [4.78, 5) is 25.0. The minimum atomic E-state index is -2.24. The number of carbonyl (C=O) groups is 2. The van der Waals surface area contributed by atoms with E-state index in [0.717, 1.165) is 44.0 Å². The number of fused-ring (bicyclic) bond motifs is 7. The third-order valence-electron chi connectivity index (χ3n) is 12.3. The molecule has 216 valence electrons. The van der Waals surface area contributed by atoms with Crippen LogP contribution in [-0.4, -0.2) is 87.5 Å². The van der Waals surface area contributed by atoms with Crippen molar-refractivity contribution in [3.8, 4) is 0 Å². The Morgan fingerprint density at radius 1 is 1.03 bits per heavy atom. The third-order valence-corrected chi connectivity index (χ3v) is 12.3. The second-order valence-electron chi connectivity index (χ2n) is 13.6. The Labute approximate surface area is 227 Å². The molecule has 0 aromatic carbocycles. The summed E-state index contributed by atoms with van der Waals surface area (Å²) in [5.74, 6) is -2.59. The number of rotatable bonds is 2. The first-order valence-electron chi connectivity index (χ1n) is 14.6. The average molecular weight is 549 g/mol. The Hall–Kier alpha value is -1.40. The molecule has 1 unspecified atom stereocenters. The van der Waals surface area contributed by atoms with Crippen LogP contribution in [0.2, 0.25) is 0 Å². The molecule has 0 aromatic rings. The third kappa shape index (κ3) is 3.34. The lowest BCUT2D eigenvalue weighted by molar-refractivity contribution is -0.468. The summed E-state index contributed by atoms with van der Waals surface area (Å²) in [7, 11) is 0. The van der Waals surface area contributed by atoms with Gasteiger partial charge in [-0.05, 0) is 87.5 Å². The highest BCUT2D eigenvalue weighted by molar-refractivity contribution is 5.85. The molecule has 4 saturated carbocycles. The maximum absolute atomic E-state index is 13.1. The van der Waals surface area contributed by atoms with Gasteiger partial charge in [0.2, 0.25) is 12.1 Å². The Bertz CT molecular complexity index is 1090. The molecule has 3 aliphatic heterocycles. The molecule has 4 N–H and O–H groups in total. The summed E-state index contributed by atoms with van der Waals surface area (Å²) in [6.07, 6.45) is 1.98. The highest BCUT2D eigenvalue weighted by Crippen LogP contribution is 2.70. The smallest absolute Gasteiger partial charge is 0.331 e. The Morgan fingerprint density at radius 3 is 2.54 bits per heavy atom. The van der Waals surface area contributed by atoms with Crippen molar-refractivity contribution in [1.82, 2.24) is 0 Å². The van der Waals surface area contributed by atoms with Crippen LogP contribution in [0.3, 0.4) is 0 Å². The number of hydrogen-bond acceptors (Lipinski definition) is 10. The van der Waals surface area contributed by atoms with Crippen LogP contribution in [-0.2, 0) is 28.5 Å². The fourth-order valence-corrected chi connectivity index (χ4v) is 10.2. The van der Waals surface area contributed by atoms with Crippen molar-refractivity contribution >= 4 is 12.3 Å². The highest BCUT2D eigenvalue weighted by atomic mass is 16.8. The van der Waals surface area contributed by atoms with Gasteiger partial charge in [-0.1, -0.05) is 6.92 Å². The van der Waals surface area contributed by atoms with Gasteiger partial charge < -0.3 is 44.2 Å². The number of carbonyl (C=O) groups excluding carboxylic acids is 2. The molecule has 7 aliphatic rings. The summed E-state index contributed by atoms with van der Waals surface area (Å²) in [5.41, 5.74) is -1.17. The first-order chi connectivity index (χ1) is 18.5. The van der Waals surface area contributed by atoms with Crippen LogP contribution in [0, 0.1) is 34.5 Å². The lowest BCUT2D eigenvalue weighted by Crippen LogP contribution is -2.73. The fourth-order valence-electron chi connectivity index (χ4n) is 10.2. The van der Waals surface area contributed by atoms with Gasteiger partial charge in [0.05, 0.1) is 23.9 Å². The van der Waals surface area contributed by atoms with Crippen LogP contribution in [0.5, 0.6) is 0 Å². The second-order valence-corrected chi connectivity index (χ2v) is 13.6.